The topological polar surface area (TPSA) is 32.3 Å². The monoisotopic (exact) mass is 242 g/mol. The minimum atomic E-state index is -4.20. The number of rotatable bonds is 4. The number of halogens is 3. The van der Waals surface area contributed by atoms with Crippen molar-refractivity contribution in [3.05, 3.63) is 0 Å². The minimum Gasteiger partial charge on any atom is -0.340 e. The van der Waals surface area contributed by atoms with E-state index < -0.39 is 5.51 Å². The third kappa shape index (κ3) is 3.90. The molecule has 1 unspecified atom stereocenters. The lowest BCUT2D eigenvalue weighted by atomic mass is 10.3. The van der Waals surface area contributed by atoms with Gasteiger partial charge in [0.05, 0.1) is 6.04 Å². The molecule has 0 aromatic heterocycles. The second-order valence-electron chi connectivity index (χ2n) is 3.25. The number of carbonyl (C=O) groups is 1. The average molecular weight is 242 g/mol. The quantitative estimate of drug-likeness (QED) is 0.800. The zero-order valence-electron chi connectivity index (χ0n) is 8.30. The van der Waals surface area contributed by atoms with Crippen LogP contribution in [-0.4, -0.2) is 48.2 Å². The maximum atomic E-state index is 11.8. The molecule has 0 saturated carbocycles. The summed E-state index contributed by atoms with van der Waals surface area (Å²) in [6, 6.07) is -0.221. The first kappa shape index (κ1) is 12.6. The summed E-state index contributed by atoms with van der Waals surface area (Å²) in [6.45, 7) is 0.712. The molecule has 7 heteroatoms. The summed E-state index contributed by atoms with van der Waals surface area (Å²) < 4.78 is 35.5. The van der Waals surface area contributed by atoms with E-state index in [0.717, 1.165) is 0 Å². The van der Waals surface area contributed by atoms with Crippen molar-refractivity contribution in [2.45, 2.75) is 18.0 Å². The maximum Gasteiger partial charge on any atom is 0.441 e. The molecule has 0 aromatic carbocycles. The molecule has 1 fully saturated rings. The van der Waals surface area contributed by atoms with E-state index in [4.69, 9.17) is 0 Å². The Balaban J connectivity index is 2.26. The number of carbonyl (C=O) groups excluding carboxylic acids is 1. The van der Waals surface area contributed by atoms with Gasteiger partial charge in [-0.25, -0.2) is 0 Å². The van der Waals surface area contributed by atoms with Gasteiger partial charge in [-0.3, -0.25) is 4.79 Å². The molecule has 1 aliphatic heterocycles. The van der Waals surface area contributed by atoms with E-state index in [1.165, 1.54) is 4.90 Å². The number of amides is 1. The predicted octanol–water partition coefficient (Wildman–Crippen LogP) is 1.06. The number of nitrogens with zero attached hydrogens (tertiary/aromatic N) is 1. The molecule has 0 aliphatic carbocycles. The summed E-state index contributed by atoms with van der Waals surface area (Å²) in [5.41, 5.74) is -4.20. The third-order valence-corrected chi connectivity index (χ3v) is 2.99. The van der Waals surface area contributed by atoms with Crippen LogP contribution in [0.15, 0.2) is 0 Å². The van der Waals surface area contributed by atoms with E-state index in [2.05, 4.69) is 5.32 Å². The maximum absolute atomic E-state index is 11.8. The van der Waals surface area contributed by atoms with Crippen LogP contribution >= 0.6 is 11.8 Å². The first-order valence-corrected chi connectivity index (χ1v) is 5.59. The van der Waals surface area contributed by atoms with Gasteiger partial charge < -0.3 is 10.2 Å². The smallest absolute Gasteiger partial charge is 0.340 e. The lowest BCUT2D eigenvalue weighted by molar-refractivity contribution is -0.129. The SMILES string of the molecule is CNC1CCN(CCSC(F)(F)F)C1=O. The zero-order valence-corrected chi connectivity index (χ0v) is 9.12. The second kappa shape index (κ2) is 5.07. The standard InChI is InChI=1S/C8H13F3N2OS/c1-12-6-2-3-13(7(6)14)4-5-15-8(9,10)11/h6,12H,2-5H2,1H3. The van der Waals surface area contributed by atoms with Gasteiger partial charge in [0.25, 0.3) is 0 Å². The molecule has 1 saturated heterocycles. The Labute approximate surface area is 90.4 Å². The van der Waals surface area contributed by atoms with Crippen LogP contribution in [0.1, 0.15) is 6.42 Å². The summed E-state index contributed by atoms with van der Waals surface area (Å²) in [4.78, 5) is 12.9. The van der Waals surface area contributed by atoms with Crippen LogP contribution < -0.4 is 5.32 Å². The van der Waals surface area contributed by atoms with Crippen molar-refractivity contribution in [1.82, 2.24) is 10.2 Å². The number of hydrogen-bond acceptors (Lipinski definition) is 3. The summed E-state index contributed by atoms with van der Waals surface area (Å²) in [7, 11) is 1.68. The Morgan fingerprint density at radius 1 is 1.60 bits per heavy atom. The Kier molecular flexibility index (Phi) is 4.27. The summed E-state index contributed by atoms with van der Waals surface area (Å²) in [5.74, 6) is -0.189. The number of thioether (sulfide) groups is 1. The van der Waals surface area contributed by atoms with Crippen LogP contribution in [0.25, 0.3) is 0 Å². The Hall–Kier alpha value is -0.430. The highest BCUT2D eigenvalue weighted by Gasteiger charge is 2.32. The predicted molar refractivity (Wildman–Crippen MR) is 52.6 cm³/mol. The van der Waals surface area contributed by atoms with Crippen LogP contribution in [0.4, 0.5) is 13.2 Å². The third-order valence-electron chi connectivity index (χ3n) is 2.27. The molecule has 1 amide bonds. The molecular formula is C8H13F3N2OS. The van der Waals surface area contributed by atoms with E-state index in [-0.39, 0.29) is 36.0 Å². The van der Waals surface area contributed by atoms with E-state index >= 15 is 0 Å². The van der Waals surface area contributed by atoms with Crippen LogP contribution in [0, 0.1) is 0 Å². The largest absolute Gasteiger partial charge is 0.441 e. The zero-order chi connectivity index (χ0) is 11.5. The molecule has 88 valence electrons. The first-order valence-electron chi connectivity index (χ1n) is 4.61. The van der Waals surface area contributed by atoms with Crippen LogP contribution in [-0.2, 0) is 4.79 Å². The van der Waals surface area contributed by atoms with Crippen molar-refractivity contribution >= 4 is 17.7 Å². The Morgan fingerprint density at radius 3 is 2.73 bits per heavy atom. The van der Waals surface area contributed by atoms with E-state index in [0.29, 0.717) is 13.0 Å². The van der Waals surface area contributed by atoms with Gasteiger partial charge in [-0.1, -0.05) is 0 Å². The van der Waals surface area contributed by atoms with Crippen molar-refractivity contribution in [2.24, 2.45) is 0 Å². The Morgan fingerprint density at radius 2 is 2.27 bits per heavy atom. The van der Waals surface area contributed by atoms with Crippen LogP contribution in [0.3, 0.4) is 0 Å². The van der Waals surface area contributed by atoms with Crippen LogP contribution in [0.2, 0.25) is 0 Å². The molecule has 15 heavy (non-hydrogen) atoms. The molecular weight excluding hydrogens is 229 g/mol. The van der Waals surface area contributed by atoms with Crippen molar-refractivity contribution in [2.75, 3.05) is 25.9 Å². The molecule has 0 radical (unpaired) electrons. The van der Waals surface area contributed by atoms with Crippen LogP contribution in [0.5, 0.6) is 0 Å². The molecule has 0 spiro atoms. The van der Waals surface area contributed by atoms with Crippen molar-refractivity contribution in [1.29, 1.82) is 0 Å². The molecule has 1 rings (SSSR count). The van der Waals surface area contributed by atoms with Gasteiger partial charge in [0, 0.05) is 18.8 Å². The summed E-state index contributed by atoms with van der Waals surface area (Å²) in [6.07, 6.45) is 0.673. The average Bonchev–Trinajstić information content (AvgIpc) is 2.46. The lowest BCUT2D eigenvalue weighted by Crippen LogP contribution is -2.37. The van der Waals surface area contributed by atoms with E-state index in [1.807, 2.05) is 0 Å². The highest BCUT2D eigenvalue weighted by Crippen LogP contribution is 2.30. The fraction of sp³-hybridized carbons (Fsp3) is 0.875. The molecule has 0 aromatic rings. The molecule has 1 N–H and O–H groups in total. The lowest BCUT2D eigenvalue weighted by Gasteiger charge is -2.16. The molecule has 1 aliphatic rings. The number of alkyl halides is 3. The minimum absolute atomic E-state index is 0.0830. The summed E-state index contributed by atoms with van der Waals surface area (Å²) >= 11 is -0.0830. The normalized spacial score (nSPS) is 22.5. The first-order chi connectivity index (χ1) is 6.94. The molecule has 1 atom stereocenters. The van der Waals surface area contributed by atoms with E-state index in [9.17, 15) is 18.0 Å². The van der Waals surface area contributed by atoms with Crippen molar-refractivity contribution in [3.63, 3.8) is 0 Å². The fourth-order valence-electron chi connectivity index (χ4n) is 1.50. The molecule has 3 nitrogen and oxygen atoms in total. The molecule has 0 bridgehead atoms. The van der Waals surface area contributed by atoms with Gasteiger partial charge in [0.2, 0.25) is 5.91 Å². The van der Waals surface area contributed by atoms with Gasteiger partial charge in [-0.15, -0.1) is 0 Å². The van der Waals surface area contributed by atoms with Gasteiger partial charge in [0.15, 0.2) is 0 Å². The second-order valence-corrected chi connectivity index (χ2v) is 4.41. The van der Waals surface area contributed by atoms with Gasteiger partial charge in [-0.05, 0) is 25.2 Å². The van der Waals surface area contributed by atoms with Gasteiger partial charge in [-0.2, -0.15) is 13.2 Å². The van der Waals surface area contributed by atoms with Crippen molar-refractivity contribution in [3.8, 4) is 0 Å². The number of likely N-dealkylation sites (tertiary alicyclic amines) is 1. The fourth-order valence-corrected chi connectivity index (χ4v) is 2.04. The summed E-state index contributed by atoms with van der Waals surface area (Å²) in [5, 5.41) is 2.83. The highest BCUT2D eigenvalue weighted by atomic mass is 32.2. The molecule has 1 heterocycles. The van der Waals surface area contributed by atoms with E-state index in [1.54, 1.807) is 7.05 Å². The van der Waals surface area contributed by atoms with Gasteiger partial charge >= 0.3 is 5.51 Å². The highest BCUT2D eigenvalue weighted by molar-refractivity contribution is 8.00. The number of nitrogens with one attached hydrogen (secondary N) is 1. The van der Waals surface area contributed by atoms with Gasteiger partial charge in [0.1, 0.15) is 0 Å². The number of likely N-dealkylation sites (N-methyl/N-ethyl adjacent to an activating group) is 1. The Bertz CT molecular complexity index is 234. The van der Waals surface area contributed by atoms with Crippen molar-refractivity contribution < 1.29 is 18.0 Å². The number of hydrogen-bond donors (Lipinski definition) is 1.